The minimum atomic E-state index is 0.337. The van der Waals surface area contributed by atoms with Gasteiger partial charge in [-0.15, -0.1) is 11.3 Å². The molecule has 2 aromatic rings. The zero-order chi connectivity index (χ0) is 19.8. The van der Waals surface area contributed by atoms with Gasteiger partial charge < -0.3 is 15.4 Å². The van der Waals surface area contributed by atoms with Gasteiger partial charge in [-0.1, -0.05) is 0 Å². The summed E-state index contributed by atoms with van der Waals surface area (Å²) < 4.78 is 5.54. The summed E-state index contributed by atoms with van der Waals surface area (Å²) >= 11 is 1.88. The average Bonchev–Trinajstić information content (AvgIpc) is 3.15. The molecule has 0 bridgehead atoms. The third-order valence-electron chi connectivity index (χ3n) is 5.09. The first-order chi connectivity index (χ1) is 13.7. The molecule has 0 aromatic carbocycles. The normalized spacial score (nSPS) is 16.8. The molecule has 2 aromatic heterocycles. The van der Waals surface area contributed by atoms with Crippen LogP contribution in [0.5, 0.6) is 0 Å². The molecule has 0 aliphatic carbocycles. The second kappa shape index (κ2) is 10.5. The summed E-state index contributed by atoms with van der Waals surface area (Å²) in [6, 6.07) is 6.88. The Morgan fingerprint density at radius 1 is 1.25 bits per heavy atom. The monoisotopic (exact) mass is 401 g/mol. The Morgan fingerprint density at radius 3 is 2.75 bits per heavy atom. The van der Waals surface area contributed by atoms with Crippen molar-refractivity contribution in [2.45, 2.75) is 26.3 Å². The molecule has 0 radical (unpaired) electrons. The van der Waals surface area contributed by atoms with Gasteiger partial charge in [0.15, 0.2) is 5.96 Å². The lowest BCUT2D eigenvalue weighted by Gasteiger charge is -2.34. The van der Waals surface area contributed by atoms with E-state index in [0.717, 1.165) is 51.8 Å². The number of guanidine groups is 1. The van der Waals surface area contributed by atoms with Crippen LogP contribution in [0.15, 0.2) is 35.6 Å². The number of aliphatic imine (C=N–C) groups is 1. The molecule has 1 aliphatic rings. The number of hydrogen-bond donors (Lipinski definition) is 2. The average molecular weight is 402 g/mol. The molecule has 28 heavy (non-hydrogen) atoms. The minimum Gasteiger partial charge on any atom is -0.379 e. The second-order valence-electron chi connectivity index (χ2n) is 7.04. The van der Waals surface area contributed by atoms with Crippen LogP contribution in [0.3, 0.4) is 0 Å². The van der Waals surface area contributed by atoms with Crippen LogP contribution in [0, 0.1) is 13.8 Å². The predicted octanol–water partition coefficient (Wildman–Crippen LogP) is 2.54. The van der Waals surface area contributed by atoms with Gasteiger partial charge in [0, 0.05) is 55.4 Å². The van der Waals surface area contributed by atoms with E-state index in [2.05, 4.69) is 57.6 Å². The third-order valence-corrected chi connectivity index (χ3v) is 6.19. The number of aryl methyl sites for hydroxylation is 2. The van der Waals surface area contributed by atoms with Crippen molar-refractivity contribution in [2.75, 3.05) is 46.4 Å². The van der Waals surface area contributed by atoms with Crippen LogP contribution in [0.4, 0.5) is 0 Å². The van der Waals surface area contributed by atoms with Gasteiger partial charge in [0.25, 0.3) is 0 Å². The van der Waals surface area contributed by atoms with Crippen molar-refractivity contribution in [3.05, 3.63) is 51.5 Å². The van der Waals surface area contributed by atoms with Crippen molar-refractivity contribution in [3.63, 3.8) is 0 Å². The third kappa shape index (κ3) is 5.77. The Labute approximate surface area is 172 Å². The summed E-state index contributed by atoms with van der Waals surface area (Å²) in [5.41, 5.74) is 2.55. The van der Waals surface area contributed by atoms with Crippen LogP contribution in [0.25, 0.3) is 0 Å². The molecule has 1 atom stereocenters. The molecule has 7 heteroatoms. The fourth-order valence-electron chi connectivity index (χ4n) is 3.44. The first-order valence-corrected chi connectivity index (χ1v) is 10.7. The minimum absolute atomic E-state index is 0.337. The lowest BCUT2D eigenvalue weighted by molar-refractivity contribution is 0.0177. The highest BCUT2D eigenvalue weighted by atomic mass is 32.1. The number of ether oxygens (including phenoxy) is 1. The lowest BCUT2D eigenvalue weighted by atomic mass is 10.1. The van der Waals surface area contributed by atoms with E-state index in [1.165, 1.54) is 20.9 Å². The molecule has 0 saturated carbocycles. The van der Waals surface area contributed by atoms with E-state index in [1.807, 2.05) is 30.8 Å². The molecule has 1 unspecified atom stereocenters. The zero-order valence-electron chi connectivity index (χ0n) is 17.1. The Hall–Kier alpha value is -1.96. The van der Waals surface area contributed by atoms with Crippen molar-refractivity contribution < 1.29 is 4.74 Å². The highest BCUT2D eigenvalue weighted by Crippen LogP contribution is 2.27. The molecule has 3 heterocycles. The molecule has 152 valence electrons. The molecule has 3 rings (SSSR count). The Bertz CT molecular complexity index is 770. The summed E-state index contributed by atoms with van der Waals surface area (Å²) in [7, 11) is 1.83. The van der Waals surface area contributed by atoms with E-state index < -0.39 is 0 Å². The molecule has 1 saturated heterocycles. The van der Waals surface area contributed by atoms with Crippen molar-refractivity contribution >= 4 is 17.3 Å². The zero-order valence-corrected chi connectivity index (χ0v) is 17.9. The van der Waals surface area contributed by atoms with E-state index in [9.17, 15) is 0 Å². The maximum absolute atomic E-state index is 5.54. The quantitative estimate of drug-likeness (QED) is 0.551. The molecular weight excluding hydrogens is 370 g/mol. The maximum Gasteiger partial charge on any atom is 0.191 e. The number of pyridine rings is 1. The molecule has 1 aliphatic heterocycles. The molecule has 2 N–H and O–H groups in total. The molecular formula is C21H31N5OS. The molecule has 0 amide bonds. The van der Waals surface area contributed by atoms with Gasteiger partial charge in [-0.25, -0.2) is 0 Å². The fraction of sp³-hybridized carbons (Fsp3) is 0.524. The number of hydrogen-bond acceptors (Lipinski definition) is 5. The van der Waals surface area contributed by atoms with E-state index in [-0.39, 0.29) is 0 Å². The van der Waals surface area contributed by atoms with Crippen molar-refractivity contribution in [1.29, 1.82) is 0 Å². The topological polar surface area (TPSA) is 61.8 Å². The number of thiophene rings is 1. The Kier molecular flexibility index (Phi) is 7.82. The van der Waals surface area contributed by atoms with Gasteiger partial charge in [0.1, 0.15) is 0 Å². The predicted molar refractivity (Wildman–Crippen MR) is 116 cm³/mol. The summed E-state index contributed by atoms with van der Waals surface area (Å²) in [5, 5.41) is 6.96. The standard InChI is InChI=1S/C21H31N5OS/c1-16-14-23-8-6-18(16)7-9-24-21(22-3)25-15-19(20-5-4-17(2)28-20)26-10-12-27-13-11-26/h4-6,8,14,19H,7,9-13,15H2,1-3H3,(H2,22,24,25). The molecule has 0 spiro atoms. The number of nitrogens with one attached hydrogen (secondary N) is 2. The summed E-state index contributed by atoms with van der Waals surface area (Å²) in [4.78, 5) is 13.8. The van der Waals surface area contributed by atoms with E-state index >= 15 is 0 Å². The van der Waals surface area contributed by atoms with Crippen LogP contribution in [-0.4, -0.2) is 62.3 Å². The van der Waals surface area contributed by atoms with Gasteiger partial charge in [0.05, 0.1) is 19.3 Å². The Balaban J connectivity index is 1.55. The Morgan fingerprint density at radius 2 is 2.07 bits per heavy atom. The summed E-state index contributed by atoms with van der Waals surface area (Å²) in [6.45, 7) is 9.48. The van der Waals surface area contributed by atoms with Gasteiger partial charge in [-0.3, -0.25) is 14.9 Å². The van der Waals surface area contributed by atoms with Crippen LogP contribution < -0.4 is 10.6 Å². The number of rotatable bonds is 7. The van der Waals surface area contributed by atoms with Crippen molar-refractivity contribution in [2.24, 2.45) is 4.99 Å². The van der Waals surface area contributed by atoms with Crippen molar-refractivity contribution in [3.8, 4) is 0 Å². The van der Waals surface area contributed by atoms with Crippen LogP contribution in [-0.2, 0) is 11.2 Å². The first kappa shape index (κ1) is 20.8. The van der Waals surface area contributed by atoms with Crippen LogP contribution in [0.2, 0.25) is 0 Å². The number of nitrogens with zero attached hydrogens (tertiary/aromatic N) is 3. The summed E-state index contributed by atoms with van der Waals surface area (Å²) in [5.74, 6) is 0.846. The second-order valence-corrected chi connectivity index (χ2v) is 8.36. The van der Waals surface area contributed by atoms with E-state index in [0.29, 0.717) is 6.04 Å². The number of aromatic nitrogens is 1. The van der Waals surface area contributed by atoms with Gasteiger partial charge in [-0.2, -0.15) is 0 Å². The smallest absolute Gasteiger partial charge is 0.191 e. The lowest BCUT2D eigenvalue weighted by Crippen LogP contribution is -2.46. The van der Waals surface area contributed by atoms with Gasteiger partial charge >= 0.3 is 0 Å². The van der Waals surface area contributed by atoms with Gasteiger partial charge in [-0.05, 0) is 49.6 Å². The highest BCUT2D eigenvalue weighted by Gasteiger charge is 2.24. The number of morpholine rings is 1. The fourth-order valence-corrected chi connectivity index (χ4v) is 4.46. The molecule has 6 nitrogen and oxygen atoms in total. The van der Waals surface area contributed by atoms with Gasteiger partial charge in [0.2, 0.25) is 0 Å². The van der Waals surface area contributed by atoms with Crippen LogP contribution >= 0.6 is 11.3 Å². The van der Waals surface area contributed by atoms with Crippen molar-refractivity contribution in [1.82, 2.24) is 20.5 Å². The van der Waals surface area contributed by atoms with Crippen LogP contribution in [0.1, 0.15) is 26.9 Å². The maximum atomic E-state index is 5.54. The van der Waals surface area contributed by atoms with E-state index in [4.69, 9.17) is 4.74 Å². The largest absolute Gasteiger partial charge is 0.379 e. The molecule has 1 fully saturated rings. The highest BCUT2D eigenvalue weighted by molar-refractivity contribution is 7.12. The first-order valence-electron chi connectivity index (χ1n) is 9.89. The van der Waals surface area contributed by atoms with E-state index in [1.54, 1.807) is 0 Å². The summed E-state index contributed by atoms with van der Waals surface area (Å²) in [6.07, 6.45) is 4.72. The SMILES string of the molecule is CN=C(NCCc1ccncc1C)NCC(c1ccc(C)s1)N1CCOCC1.